The van der Waals surface area contributed by atoms with E-state index in [4.69, 9.17) is 0 Å². The van der Waals surface area contributed by atoms with Gasteiger partial charge >= 0.3 is 0 Å². The number of benzene rings is 1. The molecule has 0 spiro atoms. The summed E-state index contributed by atoms with van der Waals surface area (Å²) in [5, 5.41) is 3.37. The number of hydrogen-bond acceptors (Lipinski definition) is 2. The SMILES string of the molecule is Cc1ccccc1CCNCc1ncc[nH]1.Cl. The molecular formula is C13H18ClN3. The van der Waals surface area contributed by atoms with Crippen molar-refractivity contribution in [2.24, 2.45) is 0 Å². The van der Waals surface area contributed by atoms with Gasteiger partial charge in [-0.3, -0.25) is 0 Å². The smallest absolute Gasteiger partial charge is 0.120 e. The first-order valence-electron chi connectivity index (χ1n) is 5.60. The molecule has 0 aliphatic heterocycles. The predicted molar refractivity (Wildman–Crippen MR) is 72.4 cm³/mol. The fourth-order valence-corrected chi connectivity index (χ4v) is 1.72. The third-order valence-corrected chi connectivity index (χ3v) is 2.68. The van der Waals surface area contributed by atoms with E-state index in [-0.39, 0.29) is 12.4 Å². The van der Waals surface area contributed by atoms with Gasteiger partial charge < -0.3 is 10.3 Å². The van der Waals surface area contributed by atoms with E-state index < -0.39 is 0 Å². The summed E-state index contributed by atoms with van der Waals surface area (Å²) in [5.74, 6) is 0.991. The van der Waals surface area contributed by atoms with Gasteiger partial charge in [0.05, 0.1) is 6.54 Å². The van der Waals surface area contributed by atoms with E-state index >= 15 is 0 Å². The van der Waals surface area contributed by atoms with Crippen molar-refractivity contribution in [2.75, 3.05) is 6.54 Å². The Morgan fingerprint density at radius 3 is 2.82 bits per heavy atom. The molecule has 17 heavy (non-hydrogen) atoms. The Bertz CT molecular complexity index is 426. The van der Waals surface area contributed by atoms with E-state index in [0.717, 1.165) is 25.3 Å². The van der Waals surface area contributed by atoms with Gasteiger partial charge in [0, 0.05) is 12.4 Å². The Hall–Kier alpha value is -1.32. The summed E-state index contributed by atoms with van der Waals surface area (Å²) < 4.78 is 0. The van der Waals surface area contributed by atoms with Crippen LogP contribution in [0.4, 0.5) is 0 Å². The maximum atomic E-state index is 4.16. The standard InChI is InChI=1S/C13H17N3.ClH/c1-11-4-2-3-5-12(11)6-7-14-10-13-15-8-9-16-13;/h2-5,8-9,14H,6-7,10H2,1H3,(H,15,16);1H. The maximum Gasteiger partial charge on any atom is 0.120 e. The second-order valence-electron chi connectivity index (χ2n) is 3.89. The van der Waals surface area contributed by atoms with Crippen LogP contribution in [0.3, 0.4) is 0 Å². The number of aryl methyl sites for hydroxylation is 1. The van der Waals surface area contributed by atoms with Crippen molar-refractivity contribution in [3.63, 3.8) is 0 Å². The zero-order valence-electron chi connectivity index (χ0n) is 9.94. The topological polar surface area (TPSA) is 40.7 Å². The highest BCUT2D eigenvalue weighted by Gasteiger charge is 1.97. The highest BCUT2D eigenvalue weighted by Crippen LogP contribution is 2.06. The molecule has 1 aromatic carbocycles. The molecule has 0 saturated carbocycles. The van der Waals surface area contributed by atoms with E-state index in [1.165, 1.54) is 11.1 Å². The van der Waals surface area contributed by atoms with Crippen LogP contribution >= 0.6 is 12.4 Å². The Balaban J connectivity index is 0.00000144. The minimum absolute atomic E-state index is 0. The third-order valence-electron chi connectivity index (χ3n) is 2.68. The van der Waals surface area contributed by atoms with Gasteiger partial charge in [0.15, 0.2) is 0 Å². The summed E-state index contributed by atoms with van der Waals surface area (Å²) in [5.41, 5.74) is 2.77. The number of aromatic nitrogens is 2. The van der Waals surface area contributed by atoms with Crippen LogP contribution in [0, 0.1) is 6.92 Å². The Labute approximate surface area is 108 Å². The number of nitrogens with one attached hydrogen (secondary N) is 2. The molecule has 1 heterocycles. The average molecular weight is 252 g/mol. The number of H-pyrrole nitrogens is 1. The highest BCUT2D eigenvalue weighted by atomic mass is 35.5. The molecule has 0 aliphatic rings. The molecule has 4 heteroatoms. The van der Waals surface area contributed by atoms with Crippen LogP contribution in [-0.4, -0.2) is 16.5 Å². The zero-order chi connectivity index (χ0) is 11.2. The van der Waals surface area contributed by atoms with Crippen molar-refractivity contribution >= 4 is 12.4 Å². The molecule has 0 atom stereocenters. The average Bonchev–Trinajstić information content (AvgIpc) is 2.79. The fourth-order valence-electron chi connectivity index (χ4n) is 1.72. The van der Waals surface area contributed by atoms with Crippen molar-refractivity contribution in [1.82, 2.24) is 15.3 Å². The van der Waals surface area contributed by atoms with Crippen LogP contribution in [0.25, 0.3) is 0 Å². The Morgan fingerprint density at radius 2 is 2.12 bits per heavy atom. The lowest BCUT2D eigenvalue weighted by Gasteiger charge is -2.06. The molecule has 0 saturated heterocycles. The molecule has 0 radical (unpaired) electrons. The molecule has 0 bridgehead atoms. The quantitative estimate of drug-likeness (QED) is 0.802. The number of imidazole rings is 1. The summed E-state index contributed by atoms with van der Waals surface area (Å²) in [6.45, 7) is 3.94. The molecule has 3 nitrogen and oxygen atoms in total. The molecule has 2 N–H and O–H groups in total. The minimum atomic E-state index is 0. The number of halogens is 1. The molecule has 1 aromatic heterocycles. The molecular weight excluding hydrogens is 234 g/mol. The minimum Gasteiger partial charge on any atom is -0.348 e. The van der Waals surface area contributed by atoms with Gasteiger partial charge in [0.25, 0.3) is 0 Å². The predicted octanol–water partition coefficient (Wildman–Crippen LogP) is 2.47. The normalized spacial score (nSPS) is 9.94. The second kappa shape index (κ2) is 7.09. The van der Waals surface area contributed by atoms with Gasteiger partial charge in [-0.25, -0.2) is 4.98 Å². The van der Waals surface area contributed by atoms with Crippen LogP contribution in [-0.2, 0) is 13.0 Å². The zero-order valence-corrected chi connectivity index (χ0v) is 10.8. The molecule has 0 aliphatic carbocycles. The molecule has 0 fully saturated rings. The summed E-state index contributed by atoms with van der Waals surface area (Å²) in [6.07, 6.45) is 4.68. The molecule has 0 unspecified atom stereocenters. The van der Waals surface area contributed by atoms with Gasteiger partial charge in [-0.1, -0.05) is 24.3 Å². The van der Waals surface area contributed by atoms with Gasteiger partial charge in [-0.15, -0.1) is 12.4 Å². The number of hydrogen-bond donors (Lipinski definition) is 2. The first-order chi connectivity index (χ1) is 7.86. The van der Waals surface area contributed by atoms with Crippen molar-refractivity contribution in [2.45, 2.75) is 19.9 Å². The van der Waals surface area contributed by atoms with E-state index in [1.807, 2.05) is 6.20 Å². The van der Waals surface area contributed by atoms with Gasteiger partial charge in [0.2, 0.25) is 0 Å². The van der Waals surface area contributed by atoms with Crippen LogP contribution in [0.5, 0.6) is 0 Å². The van der Waals surface area contributed by atoms with Crippen molar-refractivity contribution < 1.29 is 0 Å². The van der Waals surface area contributed by atoms with Crippen molar-refractivity contribution in [3.05, 3.63) is 53.6 Å². The van der Waals surface area contributed by atoms with Crippen LogP contribution in [0.1, 0.15) is 17.0 Å². The lowest BCUT2D eigenvalue weighted by atomic mass is 10.1. The Morgan fingerprint density at radius 1 is 1.29 bits per heavy atom. The second-order valence-corrected chi connectivity index (χ2v) is 3.89. The molecule has 2 rings (SSSR count). The van der Waals surface area contributed by atoms with Gasteiger partial charge in [0.1, 0.15) is 5.82 Å². The molecule has 92 valence electrons. The fraction of sp³-hybridized carbons (Fsp3) is 0.308. The molecule has 2 aromatic rings. The van der Waals surface area contributed by atoms with E-state index in [0.29, 0.717) is 0 Å². The van der Waals surface area contributed by atoms with Gasteiger partial charge in [-0.05, 0) is 31.0 Å². The first-order valence-corrected chi connectivity index (χ1v) is 5.60. The maximum absolute atomic E-state index is 4.16. The van der Waals surface area contributed by atoms with Crippen LogP contribution in [0.15, 0.2) is 36.7 Å². The van der Waals surface area contributed by atoms with E-state index in [9.17, 15) is 0 Å². The lowest BCUT2D eigenvalue weighted by molar-refractivity contribution is 0.664. The summed E-state index contributed by atoms with van der Waals surface area (Å²) in [6, 6.07) is 8.51. The monoisotopic (exact) mass is 251 g/mol. The van der Waals surface area contributed by atoms with E-state index in [2.05, 4.69) is 46.5 Å². The lowest BCUT2D eigenvalue weighted by Crippen LogP contribution is -2.17. The largest absolute Gasteiger partial charge is 0.348 e. The third kappa shape index (κ3) is 4.21. The van der Waals surface area contributed by atoms with Crippen LogP contribution < -0.4 is 5.32 Å². The van der Waals surface area contributed by atoms with Crippen molar-refractivity contribution in [1.29, 1.82) is 0 Å². The number of nitrogens with zero attached hydrogens (tertiary/aromatic N) is 1. The number of aromatic amines is 1. The number of rotatable bonds is 5. The van der Waals surface area contributed by atoms with E-state index in [1.54, 1.807) is 6.20 Å². The summed E-state index contributed by atoms with van der Waals surface area (Å²) >= 11 is 0. The Kier molecular flexibility index (Phi) is 5.73. The highest BCUT2D eigenvalue weighted by molar-refractivity contribution is 5.85. The summed E-state index contributed by atoms with van der Waals surface area (Å²) in [4.78, 5) is 7.23. The van der Waals surface area contributed by atoms with Gasteiger partial charge in [-0.2, -0.15) is 0 Å². The first kappa shape index (κ1) is 13.7. The summed E-state index contributed by atoms with van der Waals surface area (Å²) in [7, 11) is 0. The van der Waals surface area contributed by atoms with Crippen LogP contribution in [0.2, 0.25) is 0 Å². The molecule has 0 amide bonds. The van der Waals surface area contributed by atoms with Crippen molar-refractivity contribution in [3.8, 4) is 0 Å².